The Hall–Kier alpha value is -1.72. The van der Waals surface area contributed by atoms with Crippen LogP contribution in [0.2, 0.25) is 0 Å². The molecule has 0 unspecified atom stereocenters. The van der Waals surface area contributed by atoms with Gasteiger partial charge in [-0.2, -0.15) is 0 Å². The second-order valence-corrected chi connectivity index (χ2v) is 5.28. The quantitative estimate of drug-likeness (QED) is 0.737. The van der Waals surface area contributed by atoms with Crippen molar-refractivity contribution in [2.24, 2.45) is 5.41 Å². The zero-order valence-electron chi connectivity index (χ0n) is 10.9. The van der Waals surface area contributed by atoms with Gasteiger partial charge in [-0.05, 0) is 25.2 Å². The first-order valence-electron chi connectivity index (χ1n) is 6.33. The molecule has 0 aromatic carbocycles. The molecule has 1 saturated carbocycles. The molecule has 0 saturated heterocycles. The Morgan fingerprint density at radius 2 is 2.11 bits per heavy atom. The van der Waals surface area contributed by atoms with Crippen LogP contribution in [0.5, 0.6) is 0 Å². The molecule has 4 N–H and O–H groups in total. The van der Waals surface area contributed by atoms with Crippen LogP contribution in [0.3, 0.4) is 0 Å². The molecule has 0 amide bonds. The fourth-order valence-corrected chi connectivity index (χ4v) is 2.33. The summed E-state index contributed by atoms with van der Waals surface area (Å²) in [5.41, 5.74) is 5.52. The average molecular weight is 252 g/mol. The molecule has 1 fully saturated rings. The number of H-pyrrole nitrogens is 1. The van der Waals surface area contributed by atoms with Gasteiger partial charge >= 0.3 is 5.69 Å². The monoisotopic (exact) mass is 252 g/mol. The van der Waals surface area contributed by atoms with Crippen molar-refractivity contribution in [1.29, 1.82) is 0 Å². The normalized spacial score (nSPS) is 17.2. The molecule has 1 aromatic rings. The second-order valence-electron chi connectivity index (χ2n) is 5.28. The van der Waals surface area contributed by atoms with E-state index in [0.29, 0.717) is 18.8 Å². The molecule has 1 aliphatic rings. The summed E-state index contributed by atoms with van der Waals surface area (Å²) in [5, 5.41) is 3.10. The van der Waals surface area contributed by atoms with Crippen LogP contribution in [0.25, 0.3) is 0 Å². The molecule has 1 heterocycles. The maximum absolute atomic E-state index is 11.7. The molecule has 100 valence electrons. The lowest BCUT2D eigenvalue weighted by Gasteiger charge is -2.38. The van der Waals surface area contributed by atoms with Crippen molar-refractivity contribution in [1.82, 2.24) is 9.55 Å². The molecule has 0 radical (unpaired) electrons. The van der Waals surface area contributed by atoms with Crippen molar-refractivity contribution < 1.29 is 0 Å². The number of nitrogen functional groups attached to an aromatic ring is 1. The van der Waals surface area contributed by atoms with Gasteiger partial charge in [0.15, 0.2) is 0 Å². The highest BCUT2D eigenvalue weighted by atomic mass is 16.2. The van der Waals surface area contributed by atoms with Crippen molar-refractivity contribution in [2.45, 2.75) is 39.7 Å². The minimum atomic E-state index is -0.458. The van der Waals surface area contributed by atoms with E-state index < -0.39 is 11.2 Å². The highest BCUT2D eigenvalue weighted by Crippen LogP contribution is 2.40. The summed E-state index contributed by atoms with van der Waals surface area (Å²) in [6, 6.07) is 0. The standard InChI is InChI=1S/C12H20N4O2/c1-3-16-9(13)8(10(17)15-11(16)18)14-7-12(2)5-4-6-12/h14H,3-7,13H2,1-2H3,(H,15,17,18). The molecule has 18 heavy (non-hydrogen) atoms. The topological polar surface area (TPSA) is 92.9 Å². The van der Waals surface area contributed by atoms with Crippen LogP contribution in [0.15, 0.2) is 9.59 Å². The van der Waals surface area contributed by atoms with Crippen molar-refractivity contribution in [2.75, 3.05) is 17.6 Å². The third-order valence-electron chi connectivity index (χ3n) is 3.81. The molecule has 6 nitrogen and oxygen atoms in total. The minimum absolute atomic E-state index is 0.217. The summed E-state index contributed by atoms with van der Waals surface area (Å²) in [7, 11) is 0. The molecule has 0 atom stereocenters. The lowest BCUT2D eigenvalue weighted by atomic mass is 9.70. The Morgan fingerprint density at radius 1 is 1.44 bits per heavy atom. The third-order valence-corrected chi connectivity index (χ3v) is 3.81. The fraction of sp³-hybridized carbons (Fsp3) is 0.667. The van der Waals surface area contributed by atoms with Gasteiger partial charge < -0.3 is 11.1 Å². The Bertz CT molecular complexity index is 554. The molecule has 0 bridgehead atoms. The lowest BCUT2D eigenvalue weighted by Crippen LogP contribution is -2.38. The number of rotatable bonds is 4. The molecular weight excluding hydrogens is 232 g/mol. The highest BCUT2D eigenvalue weighted by molar-refractivity contribution is 5.60. The average Bonchev–Trinajstić information content (AvgIpc) is 2.26. The Labute approximate surface area is 105 Å². The number of nitrogens with zero attached hydrogens (tertiary/aromatic N) is 1. The number of hydrogen-bond donors (Lipinski definition) is 3. The Morgan fingerprint density at radius 3 is 2.61 bits per heavy atom. The van der Waals surface area contributed by atoms with Crippen LogP contribution in [-0.4, -0.2) is 16.1 Å². The van der Waals surface area contributed by atoms with Crippen LogP contribution >= 0.6 is 0 Å². The number of hydrogen-bond acceptors (Lipinski definition) is 4. The van der Waals surface area contributed by atoms with Crippen LogP contribution in [-0.2, 0) is 6.54 Å². The summed E-state index contributed by atoms with van der Waals surface area (Å²) in [6.07, 6.45) is 3.55. The first kappa shape index (κ1) is 12.7. The van der Waals surface area contributed by atoms with Gasteiger partial charge in [0.05, 0.1) is 0 Å². The van der Waals surface area contributed by atoms with Crippen molar-refractivity contribution in [3.8, 4) is 0 Å². The number of anilines is 2. The van der Waals surface area contributed by atoms with Crippen molar-refractivity contribution >= 4 is 11.5 Å². The summed E-state index contributed by atoms with van der Waals surface area (Å²) in [5.74, 6) is 0.217. The van der Waals surface area contributed by atoms with E-state index in [4.69, 9.17) is 5.73 Å². The molecule has 1 aromatic heterocycles. The van der Waals surface area contributed by atoms with E-state index in [1.165, 1.54) is 11.0 Å². The van der Waals surface area contributed by atoms with Gasteiger partial charge in [0, 0.05) is 13.1 Å². The van der Waals surface area contributed by atoms with Gasteiger partial charge in [0.1, 0.15) is 11.5 Å². The molecule has 1 aliphatic carbocycles. The van der Waals surface area contributed by atoms with E-state index >= 15 is 0 Å². The van der Waals surface area contributed by atoms with E-state index in [9.17, 15) is 9.59 Å². The summed E-state index contributed by atoms with van der Waals surface area (Å²) < 4.78 is 1.35. The van der Waals surface area contributed by atoms with E-state index in [-0.39, 0.29) is 11.2 Å². The summed E-state index contributed by atoms with van der Waals surface area (Å²) >= 11 is 0. The summed E-state index contributed by atoms with van der Waals surface area (Å²) in [6.45, 7) is 5.15. The zero-order valence-corrected chi connectivity index (χ0v) is 10.9. The van der Waals surface area contributed by atoms with Gasteiger partial charge in [0.25, 0.3) is 5.56 Å². The van der Waals surface area contributed by atoms with Crippen LogP contribution in [0, 0.1) is 5.41 Å². The van der Waals surface area contributed by atoms with E-state index in [1.807, 2.05) is 6.92 Å². The highest BCUT2D eigenvalue weighted by Gasteiger charge is 2.31. The molecule has 6 heteroatoms. The van der Waals surface area contributed by atoms with Gasteiger partial charge in [0.2, 0.25) is 0 Å². The smallest absolute Gasteiger partial charge is 0.330 e. The SMILES string of the molecule is CCn1c(N)c(NCC2(C)CCC2)c(=O)[nH]c1=O. The first-order valence-corrected chi connectivity index (χ1v) is 6.33. The van der Waals surface area contributed by atoms with E-state index in [2.05, 4.69) is 17.2 Å². The molecule has 0 spiro atoms. The second kappa shape index (κ2) is 4.51. The van der Waals surface area contributed by atoms with Crippen LogP contribution in [0.4, 0.5) is 11.5 Å². The number of nitrogens with one attached hydrogen (secondary N) is 2. The maximum Gasteiger partial charge on any atom is 0.330 e. The van der Waals surface area contributed by atoms with Crippen LogP contribution < -0.4 is 22.3 Å². The summed E-state index contributed by atoms with van der Waals surface area (Å²) in [4.78, 5) is 25.5. The number of aromatic nitrogens is 2. The van der Waals surface area contributed by atoms with Crippen LogP contribution in [0.1, 0.15) is 33.1 Å². The fourth-order valence-electron chi connectivity index (χ4n) is 2.33. The number of nitrogens with two attached hydrogens (primary N) is 1. The molecule has 2 rings (SSSR count). The van der Waals surface area contributed by atoms with Gasteiger partial charge in [-0.3, -0.25) is 14.3 Å². The predicted octanol–water partition coefficient (Wildman–Crippen LogP) is 0.741. The lowest BCUT2D eigenvalue weighted by molar-refractivity contribution is 0.180. The Kier molecular flexibility index (Phi) is 3.19. The van der Waals surface area contributed by atoms with Gasteiger partial charge in [-0.25, -0.2) is 4.79 Å². The third kappa shape index (κ3) is 2.14. The Balaban J connectivity index is 2.27. The predicted molar refractivity (Wildman–Crippen MR) is 71.9 cm³/mol. The molecule has 0 aliphatic heterocycles. The maximum atomic E-state index is 11.7. The largest absolute Gasteiger partial charge is 0.383 e. The minimum Gasteiger partial charge on any atom is -0.383 e. The van der Waals surface area contributed by atoms with Gasteiger partial charge in [-0.1, -0.05) is 13.3 Å². The first-order chi connectivity index (χ1) is 8.47. The van der Waals surface area contributed by atoms with Gasteiger partial charge in [-0.15, -0.1) is 0 Å². The van der Waals surface area contributed by atoms with E-state index in [0.717, 1.165) is 12.8 Å². The van der Waals surface area contributed by atoms with Crippen molar-refractivity contribution in [3.63, 3.8) is 0 Å². The molecular formula is C12H20N4O2. The van der Waals surface area contributed by atoms with Crippen molar-refractivity contribution in [3.05, 3.63) is 20.8 Å². The number of aromatic amines is 1. The zero-order chi connectivity index (χ0) is 13.3. The van der Waals surface area contributed by atoms with E-state index in [1.54, 1.807) is 0 Å².